The lowest BCUT2D eigenvalue weighted by atomic mass is 9.95. The van der Waals surface area contributed by atoms with Crippen molar-refractivity contribution in [3.8, 4) is 17.9 Å². The molecule has 1 heterocycles. The van der Waals surface area contributed by atoms with Gasteiger partial charge >= 0.3 is 0 Å². The Balaban J connectivity index is 2.73. The van der Waals surface area contributed by atoms with Crippen LogP contribution in [0.4, 0.5) is 22.1 Å². The highest BCUT2D eigenvalue weighted by Crippen LogP contribution is 2.42. The summed E-state index contributed by atoms with van der Waals surface area (Å²) in [7, 11) is 1.67. The SMILES string of the molecule is CCCCC(CC)CN(CC(CC)CCCC)c1cc(NC(=O)C(CC)CC)c(/N=N/c2sc(C#N)c(C)c2C#N)cc1OC. The van der Waals surface area contributed by atoms with E-state index in [1.165, 1.54) is 38.5 Å². The lowest BCUT2D eigenvalue weighted by Gasteiger charge is -2.34. The third-order valence-corrected chi connectivity index (χ3v) is 9.97. The highest BCUT2D eigenvalue weighted by molar-refractivity contribution is 7.16. The normalized spacial score (nSPS) is 12.6. The number of hydrogen-bond donors (Lipinski definition) is 1. The second-order valence-electron chi connectivity index (χ2n) is 11.9. The third kappa shape index (κ3) is 10.6. The van der Waals surface area contributed by atoms with Crippen molar-refractivity contribution in [1.82, 2.24) is 0 Å². The molecule has 0 aliphatic carbocycles. The van der Waals surface area contributed by atoms with Crippen LogP contribution in [0.2, 0.25) is 0 Å². The van der Waals surface area contributed by atoms with Crippen LogP contribution in [0.25, 0.3) is 0 Å². The fourth-order valence-corrected chi connectivity index (χ4v) is 6.56. The van der Waals surface area contributed by atoms with Crippen LogP contribution in [0, 0.1) is 47.3 Å². The number of amides is 1. The van der Waals surface area contributed by atoms with Crippen LogP contribution in [0.3, 0.4) is 0 Å². The van der Waals surface area contributed by atoms with Gasteiger partial charge in [0.05, 0.1) is 24.0 Å². The summed E-state index contributed by atoms with van der Waals surface area (Å²) in [5, 5.41) is 31.7. The number of thiophene rings is 1. The molecule has 2 atom stereocenters. The number of anilines is 2. The van der Waals surface area contributed by atoms with E-state index in [0.717, 1.165) is 55.8 Å². The van der Waals surface area contributed by atoms with Gasteiger partial charge in [0, 0.05) is 25.1 Å². The molecule has 0 aliphatic heterocycles. The van der Waals surface area contributed by atoms with Gasteiger partial charge in [0.2, 0.25) is 5.91 Å². The maximum absolute atomic E-state index is 13.4. The summed E-state index contributed by atoms with van der Waals surface area (Å²) >= 11 is 1.14. The smallest absolute Gasteiger partial charge is 0.227 e. The number of ether oxygens (including phenoxy) is 1. The quantitative estimate of drug-likeness (QED) is 0.146. The number of rotatable bonds is 20. The summed E-state index contributed by atoms with van der Waals surface area (Å²) in [5.74, 6) is 1.57. The van der Waals surface area contributed by atoms with Crippen molar-refractivity contribution in [3.63, 3.8) is 0 Å². The molecule has 9 heteroatoms. The molecule has 0 saturated heterocycles. The molecule has 2 aromatic rings. The van der Waals surface area contributed by atoms with Crippen molar-refractivity contribution in [2.24, 2.45) is 28.0 Å². The average molecular weight is 635 g/mol. The summed E-state index contributed by atoms with van der Waals surface area (Å²) in [6.07, 6.45) is 10.8. The zero-order valence-electron chi connectivity index (χ0n) is 28.8. The monoisotopic (exact) mass is 634 g/mol. The number of unbranched alkanes of at least 4 members (excludes halogenated alkanes) is 2. The molecule has 1 N–H and O–H groups in total. The van der Waals surface area contributed by atoms with Crippen LogP contribution < -0.4 is 15.0 Å². The highest BCUT2D eigenvalue weighted by Gasteiger charge is 2.24. The van der Waals surface area contributed by atoms with Gasteiger partial charge in [0.1, 0.15) is 28.5 Å². The third-order valence-electron chi connectivity index (χ3n) is 8.89. The lowest BCUT2D eigenvalue weighted by molar-refractivity contribution is -0.120. The van der Waals surface area contributed by atoms with Gasteiger partial charge in [0.15, 0.2) is 5.00 Å². The van der Waals surface area contributed by atoms with E-state index in [4.69, 9.17) is 4.74 Å². The van der Waals surface area contributed by atoms with Crippen molar-refractivity contribution < 1.29 is 9.53 Å². The zero-order valence-corrected chi connectivity index (χ0v) is 29.6. The van der Waals surface area contributed by atoms with Crippen molar-refractivity contribution in [1.29, 1.82) is 10.5 Å². The Morgan fingerprint density at radius 1 is 0.933 bits per heavy atom. The molecule has 2 unspecified atom stereocenters. The lowest BCUT2D eigenvalue weighted by Crippen LogP contribution is -2.34. The van der Waals surface area contributed by atoms with Gasteiger partial charge in [-0.05, 0) is 56.1 Å². The number of methoxy groups -OCH3 is 1. The van der Waals surface area contributed by atoms with Gasteiger partial charge in [-0.1, -0.05) is 80.1 Å². The number of nitrogens with zero attached hydrogens (tertiary/aromatic N) is 5. The van der Waals surface area contributed by atoms with Crippen LogP contribution in [0.1, 0.15) is 122 Å². The first-order valence-electron chi connectivity index (χ1n) is 16.9. The first-order chi connectivity index (χ1) is 21.7. The second-order valence-corrected chi connectivity index (χ2v) is 12.9. The maximum Gasteiger partial charge on any atom is 0.227 e. The first-order valence-corrected chi connectivity index (χ1v) is 17.7. The number of azo groups is 1. The summed E-state index contributed by atoms with van der Waals surface area (Å²) < 4.78 is 6.00. The van der Waals surface area contributed by atoms with E-state index in [2.05, 4.69) is 60.3 Å². The van der Waals surface area contributed by atoms with Crippen LogP contribution >= 0.6 is 11.3 Å². The molecule has 1 aromatic heterocycles. The fraction of sp³-hybridized carbons (Fsp3) is 0.639. The fourth-order valence-electron chi connectivity index (χ4n) is 5.68. The van der Waals surface area contributed by atoms with Gasteiger partial charge in [-0.3, -0.25) is 4.79 Å². The van der Waals surface area contributed by atoms with Crippen molar-refractivity contribution in [2.75, 3.05) is 30.4 Å². The van der Waals surface area contributed by atoms with Gasteiger partial charge < -0.3 is 15.0 Å². The van der Waals surface area contributed by atoms with E-state index >= 15 is 0 Å². The predicted octanol–water partition coefficient (Wildman–Crippen LogP) is 10.8. The Hall–Kier alpha value is -3.43. The largest absolute Gasteiger partial charge is 0.494 e. The van der Waals surface area contributed by atoms with Gasteiger partial charge in [-0.2, -0.15) is 10.5 Å². The van der Waals surface area contributed by atoms with Crippen LogP contribution in [0.15, 0.2) is 22.4 Å². The molecule has 2 rings (SSSR count). The number of carbonyl (C=O) groups is 1. The van der Waals surface area contributed by atoms with E-state index in [1.54, 1.807) is 14.0 Å². The Morgan fingerprint density at radius 2 is 1.53 bits per heavy atom. The molecular weight excluding hydrogens is 581 g/mol. The number of hydrogen-bond acceptors (Lipinski definition) is 8. The molecule has 0 bridgehead atoms. The molecule has 0 aliphatic rings. The van der Waals surface area contributed by atoms with E-state index in [0.29, 0.717) is 50.0 Å². The van der Waals surface area contributed by atoms with Crippen molar-refractivity contribution >= 4 is 39.3 Å². The van der Waals surface area contributed by atoms with E-state index in [1.807, 2.05) is 26.0 Å². The number of nitrogens with one attached hydrogen (secondary N) is 1. The van der Waals surface area contributed by atoms with Crippen molar-refractivity contribution in [2.45, 2.75) is 113 Å². The summed E-state index contributed by atoms with van der Waals surface area (Å²) in [6, 6.07) is 8.14. The van der Waals surface area contributed by atoms with Gasteiger partial charge in [0.25, 0.3) is 0 Å². The molecule has 246 valence electrons. The Bertz CT molecular complexity index is 1320. The summed E-state index contributed by atoms with van der Waals surface area (Å²) in [5.41, 5.74) is 2.89. The van der Waals surface area contributed by atoms with Gasteiger partial charge in [-0.15, -0.1) is 21.6 Å². The molecule has 0 fully saturated rings. The van der Waals surface area contributed by atoms with E-state index < -0.39 is 0 Å². The molecule has 45 heavy (non-hydrogen) atoms. The van der Waals surface area contributed by atoms with Gasteiger partial charge in [-0.25, -0.2) is 0 Å². The second kappa shape index (κ2) is 19.9. The highest BCUT2D eigenvalue weighted by atomic mass is 32.1. The topological polar surface area (TPSA) is 114 Å². The van der Waals surface area contributed by atoms with E-state index in [9.17, 15) is 15.3 Å². The summed E-state index contributed by atoms with van der Waals surface area (Å²) in [6.45, 7) is 16.6. The molecule has 8 nitrogen and oxygen atoms in total. The molecule has 1 amide bonds. The first kappa shape index (κ1) is 37.8. The predicted molar refractivity (Wildman–Crippen MR) is 187 cm³/mol. The number of nitriles is 2. The Kier molecular flexibility index (Phi) is 16.7. The minimum Gasteiger partial charge on any atom is -0.494 e. The average Bonchev–Trinajstić information content (AvgIpc) is 3.37. The Morgan fingerprint density at radius 3 is 2.00 bits per heavy atom. The molecule has 0 saturated carbocycles. The molecular formula is C36H54N6O2S. The zero-order chi connectivity index (χ0) is 33.4. The summed E-state index contributed by atoms with van der Waals surface area (Å²) in [4.78, 5) is 16.3. The molecule has 1 aromatic carbocycles. The number of benzene rings is 1. The van der Waals surface area contributed by atoms with Crippen LogP contribution in [-0.4, -0.2) is 26.1 Å². The van der Waals surface area contributed by atoms with E-state index in [-0.39, 0.29) is 11.8 Å². The Labute approximate surface area is 275 Å². The minimum absolute atomic E-state index is 0.0562. The standard InChI is InChI=1S/C36H54N6O2S/c1-9-15-17-26(11-3)23-42(24-27(12-4)18-16-10-2)32-19-30(39-35(43)28(13-5)14-6)31(20-33(32)44-8)40-41-36-29(21-37)25(7)34(22-38)45-36/h19-20,26-28H,9-18,23-24H2,1-8H3,(H,39,43)/b41-40+. The van der Waals surface area contributed by atoms with Crippen LogP contribution in [-0.2, 0) is 4.79 Å². The molecule has 0 radical (unpaired) electrons. The maximum atomic E-state index is 13.4. The molecule has 0 spiro atoms. The van der Waals surface area contributed by atoms with Crippen LogP contribution in [0.5, 0.6) is 5.75 Å². The van der Waals surface area contributed by atoms with Crippen molar-refractivity contribution in [3.05, 3.63) is 28.1 Å². The minimum atomic E-state index is -0.128. The number of carbonyl (C=O) groups excluding carboxylic acids is 1.